The highest BCUT2D eigenvalue weighted by Crippen LogP contribution is 1.82. The van der Waals surface area contributed by atoms with Gasteiger partial charge in [0, 0.05) is 25.1 Å². The van der Waals surface area contributed by atoms with E-state index >= 15 is 0 Å². The van der Waals surface area contributed by atoms with Crippen LogP contribution in [-0.4, -0.2) is 8.52 Å². The zero-order valence-electron chi connectivity index (χ0n) is 5.83. The molecule has 0 saturated carbocycles. The highest BCUT2D eigenvalue weighted by Gasteiger charge is 2.02. The summed E-state index contributed by atoms with van der Waals surface area (Å²) in [7, 11) is 1.48. The first-order valence-electron chi connectivity index (χ1n) is 2.94. The normalized spacial score (nSPS) is 10.2. The Hall–Kier alpha value is -0.840. The number of aryl methyl sites for hydroxylation is 1. The van der Waals surface area contributed by atoms with Gasteiger partial charge >= 0.3 is 10.6 Å². The van der Waals surface area contributed by atoms with E-state index in [4.69, 9.17) is 0 Å². The molecule has 1 heterocycles. The molecule has 0 N–H and O–H groups in total. The van der Waals surface area contributed by atoms with Crippen molar-refractivity contribution < 1.29 is 0 Å². The molecule has 0 aliphatic carbocycles. The quantitative estimate of drug-likeness (QED) is 0.562. The Morgan fingerprint density at radius 1 is 1.50 bits per heavy atom. The maximum atomic E-state index is 11.0. The first-order valence-corrected chi connectivity index (χ1v) is 3.71. The van der Waals surface area contributed by atoms with Crippen LogP contribution in [-0.2, 0) is 13.6 Å². The first kappa shape index (κ1) is 7.27. The molecule has 0 unspecified atom stereocenters. The van der Waals surface area contributed by atoms with E-state index < -0.39 is 0 Å². The zero-order valence-corrected chi connectivity index (χ0v) is 6.64. The van der Waals surface area contributed by atoms with Crippen molar-refractivity contribution in [3.8, 4) is 0 Å². The minimum absolute atomic E-state index is 0.202. The molecule has 0 saturated heterocycles. The van der Waals surface area contributed by atoms with Gasteiger partial charge in [-0.2, -0.15) is 0 Å². The molecule has 0 bridgehead atoms. The highest BCUT2D eigenvalue weighted by molar-refractivity contribution is 7.03. The second kappa shape index (κ2) is 2.42. The predicted octanol–water partition coefficient (Wildman–Crippen LogP) is -0.372. The molecule has 0 radical (unpaired) electrons. The molecule has 1 aromatic rings. The van der Waals surface area contributed by atoms with Crippen LogP contribution in [0.1, 0.15) is 6.92 Å². The Labute approximate surface area is 61.5 Å². The van der Waals surface area contributed by atoms with E-state index in [1.807, 2.05) is 6.92 Å². The summed E-state index contributed by atoms with van der Waals surface area (Å²) >= 11 is 0.953. The Kier molecular flexibility index (Phi) is 1.76. The van der Waals surface area contributed by atoms with Gasteiger partial charge in [0.15, 0.2) is 0 Å². The molecule has 1 rings (SSSR count). The van der Waals surface area contributed by atoms with Crippen molar-refractivity contribution in [2.45, 2.75) is 13.5 Å². The standard InChI is InChI=1S/C5H8N2O2S/c1-3-7-4(8)6(2)5(9)10-7/h3H2,1-2H3. The van der Waals surface area contributed by atoms with Crippen molar-refractivity contribution in [3.63, 3.8) is 0 Å². The Morgan fingerprint density at radius 3 is 2.30 bits per heavy atom. The molecule has 1 aromatic heterocycles. The van der Waals surface area contributed by atoms with Gasteiger partial charge in [0.1, 0.15) is 0 Å². The van der Waals surface area contributed by atoms with Gasteiger partial charge in [0.2, 0.25) is 0 Å². The van der Waals surface area contributed by atoms with Crippen LogP contribution in [0.25, 0.3) is 0 Å². The lowest BCUT2D eigenvalue weighted by Crippen LogP contribution is -2.25. The van der Waals surface area contributed by atoms with Crippen molar-refractivity contribution in [2.24, 2.45) is 7.05 Å². The molecule has 0 aliphatic heterocycles. The molecule has 0 aliphatic rings. The fourth-order valence-corrected chi connectivity index (χ4v) is 1.36. The molecule has 0 fully saturated rings. The van der Waals surface area contributed by atoms with Crippen LogP contribution >= 0.6 is 11.5 Å². The van der Waals surface area contributed by atoms with Crippen molar-refractivity contribution in [2.75, 3.05) is 0 Å². The zero-order chi connectivity index (χ0) is 7.72. The van der Waals surface area contributed by atoms with Crippen molar-refractivity contribution >= 4 is 11.5 Å². The molecule has 4 nitrogen and oxygen atoms in total. The Morgan fingerprint density at radius 2 is 2.10 bits per heavy atom. The smallest absolute Gasteiger partial charge is 0.255 e. The third kappa shape index (κ3) is 0.923. The van der Waals surface area contributed by atoms with Crippen LogP contribution in [0.2, 0.25) is 0 Å². The highest BCUT2D eigenvalue weighted by atomic mass is 32.1. The maximum absolute atomic E-state index is 11.0. The monoisotopic (exact) mass is 160 g/mol. The van der Waals surface area contributed by atoms with E-state index in [-0.39, 0.29) is 10.6 Å². The lowest BCUT2D eigenvalue weighted by Gasteiger charge is -1.86. The topological polar surface area (TPSA) is 44.0 Å². The molecule has 0 spiro atoms. The average Bonchev–Trinajstić information content (AvgIpc) is 2.17. The van der Waals surface area contributed by atoms with E-state index in [9.17, 15) is 9.59 Å². The Bertz CT molecular complexity index is 332. The Balaban J connectivity index is 3.46. The fraction of sp³-hybridized carbons (Fsp3) is 0.600. The average molecular weight is 160 g/mol. The number of nitrogens with zero attached hydrogens (tertiary/aromatic N) is 2. The molecular formula is C5H8N2O2S. The summed E-state index contributed by atoms with van der Waals surface area (Å²) < 4.78 is 2.52. The van der Waals surface area contributed by atoms with Crippen LogP contribution in [0, 0.1) is 0 Å². The van der Waals surface area contributed by atoms with Gasteiger partial charge in [-0.05, 0) is 6.92 Å². The first-order chi connectivity index (χ1) is 4.66. The minimum atomic E-state index is -0.225. The van der Waals surface area contributed by atoms with Gasteiger partial charge in [-0.1, -0.05) is 0 Å². The number of hydrogen-bond acceptors (Lipinski definition) is 3. The maximum Gasteiger partial charge on any atom is 0.340 e. The van der Waals surface area contributed by atoms with Crippen LogP contribution in [0.15, 0.2) is 9.59 Å². The van der Waals surface area contributed by atoms with Gasteiger partial charge in [0.05, 0.1) is 0 Å². The van der Waals surface area contributed by atoms with Gasteiger partial charge in [0.25, 0.3) is 0 Å². The fourth-order valence-electron chi connectivity index (χ4n) is 0.640. The predicted molar refractivity (Wildman–Crippen MR) is 39.5 cm³/mol. The number of rotatable bonds is 1. The van der Waals surface area contributed by atoms with E-state index in [0.717, 1.165) is 16.1 Å². The SMILES string of the molecule is CCn1sc(=O)n(C)c1=O. The molecular weight excluding hydrogens is 152 g/mol. The molecule has 0 aromatic carbocycles. The second-order valence-corrected chi connectivity index (χ2v) is 2.87. The molecule has 0 atom stereocenters. The van der Waals surface area contributed by atoms with Crippen molar-refractivity contribution in [3.05, 3.63) is 20.2 Å². The summed E-state index contributed by atoms with van der Waals surface area (Å²) in [5, 5.41) is 0. The molecule has 0 amide bonds. The van der Waals surface area contributed by atoms with Gasteiger partial charge in [-0.15, -0.1) is 0 Å². The number of hydrogen-bond donors (Lipinski definition) is 0. The van der Waals surface area contributed by atoms with Crippen LogP contribution < -0.4 is 10.6 Å². The van der Waals surface area contributed by atoms with Crippen LogP contribution in [0.4, 0.5) is 0 Å². The summed E-state index contributed by atoms with van der Waals surface area (Å²) in [5.74, 6) is 0. The molecule has 10 heavy (non-hydrogen) atoms. The van der Waals surface area contributed by atoms with Crippen molar-refractivity contribution in [1.29, 1.82) is 0 Å². The minimum Gasteiger partial charge on any atom is -0.255 e. The lowest BCUT2D eigenvalue weighted by atomic mass is 10.8. The molecule has 5 heteroatoms. The van der Waals surface area contributed by atoms with Crippen molar-refractivity contribution in [1.82, 2.24) is 8.52 Å². The second-order valence-electron chi connectivity index (χ2n) is 1.89. The summed E-state index contributed by atoms with van der Waals surface area (Å²) in [6, 6.07) is 0. The lowest BCUT2D eigenvalue weighted by molar-refractivity contribution is 0.718. The number of aromatic nitrogens is 2. The van der Waals surface area contributed by atoms with Gasteiger partial charge in [-0.25, -0.2) is 8.75 Å². The summed E-state index contributed by atoms with van der Waals surface area (Å²) in [6.07, 6.45) is 0. The van der Waals surface area contributed by atoms with E-state index in [0.29, 0.717) is 6.54 Å². The summed E-state index contributed by atoms with van der Waals surface area (Å²) in [6.45, 7) is 2.40. The van der Waals surface area contributed by atoms with Crippen LogP contribution in [0.3, 0.4) is 0 Å². The van der Waals surface area contributed by atoms with Gasteiger partial charge < -0.3 is 0 Å². The summed E-state index contributed by atoms with van der Waals surface area (Å²) in [5.41, 5.74) is -0.225. The molecule has 56 valence electrons. The largest absolute Gasteiger partial charge is 0.340 e. The third-order valence-electron chi connectivity index (χ3n) is 1.25. The summed E-state index contributed by atoms with van der Waals surface area (Å²) in [4.78, 5) is 21.5. The van der Waals surface area contributed by atoms with Crippen LogP contribution in [0.5, 0.6) is 0 Å². The van der Waals surface area contributed by atoms with Gasteiger partial charge in [-0.3, -0.25) is 9.36 Å². The van der Waals surface area contributed by atoms with E-state index in [1.165, 1.54) is 11.0 Å². The van der Waals surface area contributed by atoms with E-state index in [1.54, 1.807) is 0 Å². The third-order valence-corrected chi connectivity index (χ3v) is 2.31. The van der Waals surface area contributed by atoms with E-state index in [2.05, 4.69) is 0 Å².